The molecular formula is C21H32O8. The third kappa shape index (κ3) is 2.04. The maximum atomic E-state index is 12.8. The number of hydrogen-bond donors (Lipinski definition) is 3. The Bertz CT molecular complexity index is 731. The van der Waals surface area contributed by atoms with Crippen molar-refractivity contribution in [3.05, 3.63) is 0 Å². The fourth-order valence-electron chi connectivity index (χ4n) is 7.27. The third-order valence-electron chi connectivity index (χ3n) is 8.74. The lowest BCUT2D eigenvalue weighted by molar-refractivity contribution is -0.195. The lowest BCUT2D eigenvalue weighted by Gasteiger charge is -2.50. The summed E-state index contributed by atoms with van der Waals surface area (Å²) in [6.07, 6.45) is -5.16. The smallest absolute Gasteiger partial charge is 0.336 e. The highest BCUT2D eigenvalue weighted by Gasteiger charge is 2.89. The summed E-state index contributed by atoms with van der Waals surface area (Å²) in [6, 6.07) is 0. The van der Waals surface area contributed by atoms with E-state index in [1.807, 2.05) is 6.92 Å². The van der Waals surface area contributed by atoms with Gasteiger partial charge in [-0.3, -0.25) is 0 Å². The summed E-state index contributed by atoms with van der Waals surface area (Å²) in [5.41, 5.74) is -3.83. The number of aliphatic hydroxyl groups excluding tert-OH is 2. The molecule has 29 heavy (non-hydrogen) atoms. The molecule has 1 aliphatic carbocycles. The topological polar surface area (TPSA) is 115 Å². The van der Waals surface area contributed by atoms with Gasteiger partial charge in [-0.2, -0.15) is 0 Å². The number of carbonyl (C=O) groups is 1. The van der Waals surface area contributed by atoms with Gasteiger partial charge in [0.15, 0.2) is 12.4 Å². The number of hydrogen-bond acceptors (Lipinski definition) is 8. The van der Waals surface area contributed by atoms with Crippen molar-refractivity contribution < 1.29 is 39.1 Å². The van der Waals surface area contributed by atoms with Crippen molar-refractivity contribution in [3.8, 4) is 0 Å². The summed E-state index contributed by atoms with van der Waals surface area (Å²) >= 11 is 0. The predicted octanol–water partition coefficient (Wildman–Crippen LogP) is 0.213. The van der Waals surface area contributed by atoms with Gasteiger partial charge in [0.1, 0.15) is 12.2 Å². The van der Waals surface area contributed by atoms with Gasteiger partial charge in [-0.1, -0.05) is 27.7 Å². The molecule has 4 aliphatic heterocycles. The SMILES string of the molecule is C[C@@H]1COC([C@H](O)C23C4C[C@@H](C(C)(C)C)C25C(OC[C@@H]5O)OC3C(=O)O4)[C@]1(C)O. The maximum absolute atomic E-state index is 12.8. The number of carbonyl (C=O) groups excluding carboxylic acids is 1. The van der Waals surface area contributed by atoms with Crippen molar-refractivity contribution in [2.24, 2.45) is 28.1 Å². The van der Waals surface area contributed by atoms with Crippen molar-refractivity contribution in [2.45, 2.75) is 83.5 Å². The van der Waals surface area contributed by atoms with Crippen molar-refractivity contribution >= 4 is 5.97 Å². The second kappa shape index (κ2) is 5.72. The molecule has 4 heterocycles. The standard InChI is InChI=1S/C21H32O8/c1-9-7-26-14(19(9,5)25)13(23)21-12-6-10(18(2,3)4)20(21)11(22)8-27-17(20)29-15(21)16(24)28-12/h9-15,17,22-23,25H,6-8H2,1-5H3/t9-,10+,11+,12?,13+,14?,15?,17?,19-,20?,21?/m1/s1. The quantitative estimate of drug-likeness (QED) is 0.552. The van der Waals surface area contributed by atoms with Crippen molar-refractivity contribution in [1.82, 2.24) is 0 Å². The van der Waals surface area contributed by atoms with Crippen LogP contribution in [0.5, 0.6) is 0 Å². The molecule has 8 nitrogen and oxygen atoms in total. The molecule has 0 aromatic carbocycles. The maximum Gasteiger partial charge on any atom is 0.336 e. The third-order valence-corrected chi connectivity index (χ3v) is 8.74. The molecule has 5 fully saturated rings. The molecule has 164 valence electrons. The Hall–Kier alpha value is -0.770. The fourth-order valence-corrected chi connectivity index (χ4v) is 7.27. The molecule has 1 spiro atoms. The Morgan fingerprint density at radius 3 is 2.48 bits per heavy atom. The van der Waals surface area contributed by atoms with E-state index in [2.05, 4.69) is 20.8 Å². The molecule has 1 saturated carbocycles. The van der Waals surface area contributed by atoms with Crippen LogP contribution in [0.4, 0.5) is 0 Å². The first kappa shape index (κ1) is 20.2. The summed E-state index contributed by atoms with van der Waals surface area (Å²) in [6.45, 7) is 10.1. The van der Waals surface area contributed by atoms with Gasteiger partial charge in [0, 0.05) is 5.92 Å². The first-order chi connectivity index (χ1) is 13.4. The average molecular weight is 412 g/mol. The molecule has 0 amide bonds. The van der Waals surface area contributed by atoms with Crippen molar-refractivity contribution in [1.29, 1.82) is 0 Å². The van der Waals surface area contributed by atoms with Crippen LogP contribution in [-0.2, 0) is 23.7 Å². The van der Waals surface area contributed by atoms with Gasteiger partial charge in [-0.05, 0) is 24.7 Å². The van der Waals surface area contributed by atoms with Crippen LogP contribution in [0.3, 0.4) is 0 Å². The summed E-state index contributed by atoms with van der Waals surface area (Å²) < 4.78 is 23.5. The van der Waals surface area contributed by atoms with Gasteiger partial charge in [0.2, 0.25) is 0 Å². The predicted molar refractivity (Wildman–Crippen MR) is 98.5 cm³/mol. The Labute approximate surface area is 170 Å². The highest BCUT2D eigenvalue weighted by Crippen LogP contribution is 2.76. The molecule has 5 aliphatic rings. The second-order valence-corrected chi connectivity index (χ2v) is 11.0. The minimum Gasteiger partial charge on any atom is -0.460 e. The van der Waals surface area contributed by atoms with Crippen LogP contribution in [-0.4, -0.2) is 76.9 Å². The molecule has 6 unspecified atom stereocenters. The van der Waals surface area contributed by atoms with Gasteiger partial charge >= 0.3 is 5.97 Å². The van der Waals surface area contributed by atoms with Crippen LogP contribution in [0, 0.1) is 28.1 Å². The summed E-state index contributed by atoms with van der Waals surface area (Å²) in [5, 5.41) is 34.3. The van der Waals surface area contributed by atoms with Crippen LogP contribution in [0.2, 0.25) is 0 Å². The summed E-state index contributed by atoms with van der Waals surface area (Å²) in [4.78, 5) is 12.8. The minimum absolute atomic E-state index is 0.0671. The molecule has 0 aromatic rings. The molecule has 11 atom stereocenters. The fraction of sp³-hybridized carbons (Fsp3) is 0.952. The Morgan fingerprint density at radius 2 is 1.90 bits per heavy atom. The van der Waals surface area contributed by atoms with Crippen LogP contribution in [0.25, 0.3) is 0 Å². The van der Waals surface area contributed by atoms with Gasteiger partial charge in [-0.25, -0.2) is 4.79 Å². The van der Waals surface area contributed by atoms with Gasteiger partial charge in [0.05, 0.1) is 41.9 Å². The number of esters is 1. The lowest BCUT2D eigenvalue weighted by Crippen LogP contribution is -2.65. The Balaban J connectivity index is 1.72. The van der Waals surface area contributed by atoms with Crippen LogP contribution in [0.1, 0.15) is 41.0 Å². The van der Waals surface area contributed by atoms with Gasteiger partial charge in [-0.15, -0.1) is 0 Å². The number of rotatable bonds is 2. The highest BCUT2D eigenvalue weighted by molar-refractivity contribution is 5.80. The van der Waals surface area contributed by atoms with Crippen molar-refractivity contribution in [3.63, 3.8) is 0 Å². The van der Waals surface area contributed by atoms with Crippen LogP contribution < -0.4 is 0 Å². The van der Waals surface area contributed by atoms with E-state index in [1.165, 1.54) is 0 Å². The summed E-state index contributed by atoms with van der Waals surface area (Å²) in [7, 11) is 0. The zero-order chi connectivity index (χ0) is 21.1. The van der Waals surface area contributed by atoms with Crippen molar-refractivity contribution in [2.75, 3.05) is 13.2 Å². The van der Waals surface area contributed by atoms with Gasteiger partial charge < -0.3 is 34.3 Å². The molecular weight excluding hydrogens is 380 g/mol. The monoisotopic (exact) mass is 412 g/mol. The van der Waals surface area contributed by atoms with Gasteiger partial charge in [0.25, 0.3) is 0 Å². The molecule has 3 N–H and O–H groups in total. The largest absolute Gasteiger partial charge is 0.460 e. The van der Waals surface area contributed by atoms with E-state index in [1.54, 1.807) is 6.92 Å². The van der Waals surface area contributed by atoms with E-state index < -0.39 is 59.2 Å². The van der Waals surface area contributed by atoms with E-state index in [0.29, 0.717) is 13.0 Å². The van der Waals surface area contributed by atoms with E-state index >= 15 is 0 Å². The van der Waals surface area contributed by atoms with E-state index in [-0.39, 0.29) is 23.9 Å². The lowest BCUT2D eigenvalue weighted by atomic mass is 9.52. The zero-order valence-corrected chi connectivity index (χ0v) is 17.6. The van der Waals surface area contributed by atoms with E-state index in [9.17, 15) is 20.1 Å². The number of aliphatic hydroxyl groups is 3. The van der Waals surface area contributed by atoms with Crippen LogP contribution in [0.15, 0.2) is 0 Å². The molecule has 5 rings (SSSR count). The van der Waals surface area contributed by atoms with E-state index in [0.717, 1.165) is 0 Å². The molecule has 0 aromatic heterocycles. The molecule has 4 saturated heterocycles. The first-order valence-electron chi connectivity index (χ1n) is 10.6. The van der Waals surface area contributed by atoms with E-state index in [4.69, 9.17) is 18.9 Å². The number of ether oxygens (including phenoxy) is 4. The normalized spacial score (nSPS) is 57.1. The highest BCUT2D eigenvalue weighted by atomic mass is 16.7. The molecule has 8 heteroatoms. The molecule has 0 bridgehead atoms. The first-order valence-corrected chi connectivity index (χ1v) is 10.6. The minimum atomic E-state index is -1.29. The second-order valence-electron chi connectivity index (χ2n) is 11.0. The Morgan fingerprint density at radius 1 is 1.21 bits per heavy atom. The Kier molecular flexibility index (Phi) is 3.97. The van der Waals surface area contributed by atoms with Crippen LogP contribution >= 0.6 is 0 Å². The molecule has 0 radical (unpaired) electrons. The average Bonchev–Trinajstić information content (AvgIpc) is 3.32. The zero-order valence-electron chi connectivity index (χ0n) is 17.6. The summed E-state index contributed by atoms with van der Waals surface area (Å²) in [5.74, 6) is -0.859.